The third-order valence-corrected chi connectivity index (χ3v) is 3.10. The predicted octanol–water partition coefficient (Wildman–Crippen LogP) is 1.49. The lowest BCUT2D eigenvalue weighted by Gasteiger charge is -2.20. The second-order valence-electron chi connectivity index (χ2n) is 4.61. The summed E-state index contributed by atoms with van der Waals surface area (Å²) in [6, 6.07) is 3.29. The highest BCUT2D eigenvalue weighted by atomic mass is 16.5. The lowest BCUT2D eigenvalue weighted by molar-refractivity contribution is -0.129. The van der Waals surface area contributed by atoms with Crippen LogP contribution in [0.3, 0.4) is 0 Å². The predicted molar refractivity (Wildman–Crippen MR) is 74.5 cm³/mol. The van der Waals surface area contributed by atoms with E-state index in [2.05, 4.69) is 0 Å². The van der Waals surface area contributed by atoms with Crippen LogP contribution in [-0.4, -0.2) is 39.1 Å². The minimum Gasteiger partial charge on any atom is -0.496 e. The fraction of sp³-hybridized carbons (Fsp3) is 0.500. The Labute approximate surface area is 114 Å². The van der Waals surface area contributed by atoms with Crippen molar-refractivity contribution in [1.29, 1.82) is 0 Å². The lowest BCUT2D eigenvalue weighted by Crippen LogP contribution is -2.26. The van der Waals surface area contributed by atoms with Crippen LogP contribution in [0.4, 0.5) is 0 Å². The molecule has 1 atom stereocenters. The number of nitrogens with two attached hydrogens (primary N) is 1. The molecule has 5 heteroatoms. The smallest absolute Gasteiger partial charge is 0.223 e. The summed E-state index contributed by atoms with van der Waals surface area (Å²) in [7, 11) is 6.62. The summed E-state index contributed by atoms with van der Waals surface area (Å²) in [6.45, 7) is 1.90. The molecule has 19 heavy (non-hydrogen) atoms. The van der Waals surface area contributed by atoms with E-state index in [9.17, 15) is 4.79 Å². The molecular formula is C14H22N2O3. The van der Waals surface area contributed by atoms with Crippen LogP contribution < -0.4 is 15.2 Å². The highest BCUT2D eigenvalue weighted by Crippen LogP contribution is 2.34. The van der Waals surface area contributed by atoms with Gasteiger partial charge in [0.15, 0.2) is 0 Å². The quantitative estimate of drug-likeness (QED) is 0.877. The van der Waals surface area contributed by atoms with Gasteiger partial charge in [-0.1, -0.05) is 6.07 Å². The minimum atomic E-state index is -0.394. The maximum Gasteiger partial charge on any atom is 0.223 e. The van der Waals surface area contributed by atoms with E-state index in [1.54, 1.807) is 28.3 Å². The Hall–Kier alpha value is -1.75. The van der Waals surface area contributed by atoms with Crippen molar-refractivity contribution in [1.82, 2.24) is 4.90 Å². The van der Waals surface area contributed by atoms with Gasteiger partial charge in [0.2, 0.25) is 5.91 Å². The molecule has 1 aromatic carbocycles. The van der Waals surface area contributed by atoms with Crippen molar-refractivity contribution < 1.29 is 14.3 Å². The monoisotopic (exact) mass is 266 g/mol. The summed E-state index contributed by atoms with van der Waals surface area (Å²) in [6.07, 6.45) is 0.245. The molecule has 106 valence electrons. The van der Waals surface area contributed by atoms with Crippen LogP contribution in [0.5, 0.6) is 11.5 Å². The molecule has 0 aliphatic rings. The Morgan fingerprint density at radius 2 is 1.95 bits per heavy atom. The Morgan fingerprint density at radius 3 is 2.42 bits per heavy atom. The Bertz CT molecular complexity index is 458. The summed E-state index contributed by atoms with van der Waals surface area (Å²) in [5, 5.41) is 0. The van der Waals surface area contributed by atoms with Gasteiger partial charge in [-0.25, -0.2) is 0 Å². The van der Waals surface area contributed by atoms with E-state index in [0.717, 1.165) is 16.9 Å². The first-order valence-electron chi connectivity index (χ1n) is 6.09. The maximum absolute atomic E-state index is 11.7. The van der Waals surface area contributed by atoms with Gasteiger partial charge < -0.3 is 20.1 Å². The Morgan fingerprint density at radius 1 is 1.32 bits per heavy atom. The molecule has 0 saturated carbocycles. The van der Waals surface area contributed by atoms with Crippen molar-refractivity contribution in [3.05, 3.63) is 23.3 Å². The van der Waals surface area contributed by atoms with Gasteiger partial charge in [0.25, 0.3) is 0 Å². The normalized spacial score (nSPS) is 11.9. The summed E-state index contributed by atoms with van der Waals surface area (Å²) < 4.78 is 10.6. The summed E-state index contributed by atoms with van der Waals surface area (Å²) in [5.41, 5.74) is 7.80. The number of amides is 1. The van der Waals surface area contributed by atoms with Crippen LogP contribution in [0.15, 0.2) is 12.1 Å². The second kappa shape index (κ2) is 6.43. The molecule has 0 aliphatic heterocycles. The zero-order chi connectivity index (χ0) is 14.6. The van der Waals surface area contributed by atoms with Crippen molar-refractivity contribution >= 4 is 5.91 Å². The highest BCUT2D eigenvalue weighted by molar-refractivity contribution is 5.76. The molecule has 0 fully saturated rings. The molecule has 1 unspecified atom stereocenters. The number of methoxy groups -OCH3 is 2. The molecule has 5 nitrogen and oxygen atoms in total. The average molecular weight is 266 g/mol. The first-order chi connectivity index (χ1) is 8.92. The van der Waals surface area contributed by atoms with E-state index < -0.39 is 6.04 Å². The van der Waals surface area contributed by atoms with E-state index in [1.807, 2.05) is 19.1 Å². The van der Waals surface area contributed by atoms with Gasteiger partial charge in [-0.05, 0) is 13.0 Å². The van der Waals surface area contributed by atoms with E-state index in [-0.39, 0.29) is 12.3 Å². The molecule has 0 spiro atoms. The van der Waals surface area contributed by atoms with Gasteiger partial charge in [0.1, 0.15) is 11.5 Å². The topological polar surface area (TPSA) is 64.8 Å². The number of carbonyl (C=O) groups is 1. The fourth-order valence-corrected chi connectivity index (χ4v) is 1.96. The molecule has 0 aromatic heterocycles. The minimum absolute atomic E-state index is 0.0111. The molecule has 1 rings (SSSR count). The molecule has 0 bridgehead atoms. The highest BCUT2D eigenvalue weighted by Gasteiger charge is 2.19. The van der Waals surface area contributed by atoms with Crippen LogP contribution in [0.1, 0.15) is 23.6 Å². The van der Waals surface area contributed by atoms with Crippen LogP contribution in [0, 0.1) is 6.92 Å². The molecule has 2 N–H and O–H groups in total. The van der Waals surface area contributed by atoms with Crippen molar-refractivity contribution in [3.8, 4) is 11.5 Å². The first kappa shape index (κ1) is 15.3. The number of carbonyl (C=O) groups excluding carboxylic acids is 1. The van der Waals surface area contributed by atoms with E-state index in [4.69, 9.17) is 15.2 Å². The SMILES string of the molecule is COc1ccc(C(N)CC(=O)N(C)C)c(OC)c1C. The average Bonchev–Trinajstić information content (AvgIpc) is 2.37. The maximum atomic E-state index is 11.7. The van der Waals surface area contributed by atoms with Gasteiger partial charge in [-0.2, -0.15) is 0 Å². The van der Waals surface area contributed by atoms with E-state index in [0.29, 0.717) is 5.75 Å². The van der Waals surface area contributed by atoms with Crippen LogP contribution in [0.2, 0.25) is 0 Å². The number of benzene rings is 1. The first-order valence-corrected chi connectivity index (χ1v) is 6.09. The van der Waals surface area contributed by atoms with Gasteiger partial charge in [0.05, 0.1) is 14.2 Å². The lowest BCUT2D eigenvalue weighted by atomic mass is 9.99. The number of hydrogen-bond donors (Lipinski definition) is 1. The molecule has 1 amide bonds. The van der Waals surface area contributed by atoms with Crippen molar-refractivity contribution in [3.63, 3.8) is 0 Å². The zero-order valence-corrected chi connectivity index (χ0v) is 12.2. The number of nitrogens with zero attached hydrogens (tertiary/aromatic N) is 1. The second-order valence-corrected chi connectivity index (χ2v) is 4.61. The number of hydrogen-bond acceptors (Lipinski definition) is 4. The van der Waals surface area contributed by atoms with Crippen LogP contribution in [0.25, 0.3) is 0 Å². The van der Waals surface area contributed by atoms with E-state index in [1.165, 1.54) is 4.90 Å². The standard InChI is InChI=1S/C14H22N2O3/c1-9-12(18-4)7-6-10(14(9)19-5)11(15)8-13(17)16(2)3/h6-7,11H,8,15H2,1-5H3. The molecule has 0 aliphatic carbocycles. The molecule has 0 heterocycles. The van der Waals surface area contributed by atoms with Gasteiger partial charge in [-0.3, -0.25) is 4.79 Å². The number of rotatable bonds is 5. The van der Waals surface area contributed by atoms with Crippen LogP contribution in [-0.2, 0) is 4.79 Å². The third kappa shape index (κ3) is 3.38. The molecule has 0 saturated heterocycles. The van der Waals surface area contributed by atoms with Crippen molar-refractivity contribution in [2.45, 2.75) is 19.4 Å². The summed E-state index contributed by atoms with van der Waals surface area (Å²) >= 11 is 0. The summed E-state index contributed by atoms with van der Waals surface area (Å²) in [5.74, 6) is 1.41. The molecule has 0 radical (unpaired) electrons. The molecular weight excluding hydrogens is 244 g/mol. The van der Waals surface area contributed by atoms with Gasteiger partial charge in [0, 0.05) is 37.7 Å². The zero-order valence-electron chi connectivity index (χ0n) is 12.2. The van der Waals surface area contributed by atoms with Gasteiger partial charge >= 0.3 is 0 Å². The van der Waals surface area contributed by atoms with Crippen molar-refractivity contribution in [2.24, 2.45) is 5.73 Å². The summed E-state index contributed by atoms with van der Waals surface area (Å²) in [4.78, 5) is 13.2. The largest absolute Gasteiger partial charge is 0.496 e. The fourth-order valence-electron chi connectivity index (χ4n) is 1.96. The molecule has 1 aromatic rings. The Balaban J connectivity index is 3.06. The van der Waals surface area contributed by atoms with E-state index >= 15 is 0 Å². The third-order valence-electron chi connectivity index (χ3n) is 3.10. The van der Waals surface area contributed by atoms with Gasteiger partial charge in [-0.15, -0.1) is 0 Å². The van der Waals surface area contributed by atoms with Crippen LogP contribution >= 0.6 is 0 Å². The van der Waals surface area contributed by atoms with Crippen molar-refractivity contribution in [2.75, 3.05) is 28.3 Å². The number of ether oxygens (including phenoxy) is 2. The Kier molecular flexibility index (Phi) is 5.18.